The minimum atomic E-state index is -0.799. The summed E-state index contributed by atoms with van der Waals surface area (Å²) in [6, 6.07) is 6.26. The fourth-order valence-electron chi connectivity index (χ4n) is 3.60. The van der Waals surface area contributed by atoms with Gasteiger partial charge >= 0.3 is 0 Å². The van der Waals surface area contributed by atoms with Crippen molar-refractivity contribution in [3.05, 3.63) is 79.9 Å². The molecule has 4 rings (SSSR count). The molecule has 1 fully saturated rings. The van der Waals surface area contributed by atoms with Gasteiger partial charge in [0, 0.05) is 36.3 Å². The van der Waals surface area contributed by atoms with Crippen LogP contribution < -0.4 is 21.8 Å². The zero-order valence-electron chi connectivity index (χ0n) is 17.7. The third-order valence-electron chi connectivity index (χ3n) is 5.34. The summed E-state index contributed by atoms with van der Waals surface area (Å²) in [5.74, 6) is -0.599. The second-order valence-corrected chi connectivity index (χ2v) is 7.85. The lowest BCUT2D eigenvalue weighted by atomic mass is 9.93. The van der Waals surface area contributed by atoms with E-state index in [9.17, 15) is 4.79 Å². The Balaban J connectivity index is 1.91. The summed E-state index contributed by atoms with van der Waals surface area (Å²) in [4.78, 5) is 20.0. The van der Waals surface area contributed by atoms with Crippen LogP contribution in [0.3, 0.4) is 0 Å². The number of nitrogens with one attached hydrogen (secondary N) is 1. The van der Waals surface area contributed by atoms with E-state index in [1.54, 1.807) is 18.2 Å². The van der Waals surface area contributed by atoms with Crippen LogP contribution in [0, 0.1) is 12.4 Å². The van der Waals surface area contributed by atoms with Crippen LogP contribution in [-0.4, -0.2) is 29.1 Å². The number of benzene rings is 2. The van der Waals surface area contributed by atoms with Gasteiger partial charge in [0.2, 0.25) is 5.69 Å². The molecule has 8 nitrogen and oxygen atoms in total. The predicted molar refractivity (Wildman–Crippen MR) is 126 cm³/mol. The summed E-state index contributed by atoms with van der Waals surface area (Å²) in [5.41, 5.74) is 12.7. The molecular weight excluding hydrogens is 447 g/mol. The number of nitrogens with two attached hydrogens (primary N) is 2. The van der Waals surface area contributed by atoms with Crippen LogP contribution >= 0.6 is 11.6 Å². The van der Waals surface area contributed by atoms with Crippen molar-refractivity contribution >= 4 is 39.3 Å². The lowest BCUT2D eigenvalue weighted by Crippen LogP contribution is -2.14. The summed E-state index contributed by atoms with van der Waals surface area (Å²) >= 11 is 6.16. The highest BCUT2D eigenvalue weighted by molar-refractivity contribution is 6.36. The molecule has 0 spiro atoms. The van der Waals surface area contributed by atoms with E-state index in [0.717, 1.165) is 12.8 Å². The third-order valence-corrected chi connectivity index (χ3v) is 5.62. The molecule has 2 aromatic carbocycles. The molecular formula is C23H20ClFN6O2. The quantitative estimate of drug-likeness (QED) is 0.377. The third kappa shape index (κ3) is 4.06. The monoisotopic (exact) mass is 466 g/mol. The number of hydrogen-bond acceptors (Lipinski definition) is 6. The smallest absolute Gasteiger partial charge is 0.272 e. The first-order chi connectivity index (χ1) is 15.9. The van der Waals surface area contributed by atoms with Gasteiger partial charge in [0.25, 0.3) is 5.56 Å². The second-order valence-electron chi connectivity index (χ2n) is 7.44. The van der Waals surface area contributed by atoms with E-state index in [2.05, 4.69) is 20.0 Å². The van der Waals surface area contributed by atoms with E-state index in [4.69, 9.17) is 34.4 Å². The summed E-state index contributed by atoms with van der Waals surface area (Å²) in [6.07, 6.45) is 2.96. The average Bonchev–Trinajstić information content (AvgIpc) is 3.64. The van der Waals surface area contributed by atoms with E-state index in [1.807, 2.05) is 0 Å². The van der Waals surface area contributed by atoms with Crippen LogP contribution in [0.5, 0.6) is 5.75 Å². The van der Waals surface area contributed by atoms with E-state index in [1.165, 1.54) is 19.3 Å². The first-order valence-corrected chi connectivity index (χ1v) is 10.5. The van der Waals surface area contributed by atoms with Gasteiger partial charge in [0.1, 0.15) is 11.6 Å². The number of fused-ring (bicyclic) bond motifs is 1. The summed E-state index contributed by atoms with van der Waals surface area (Å²) in [7, 11) is 1.47. The number of ether oxygens (including phenoxy) is 1. The van der Waals surface area contributed by atoms with E-state index < -0.39 is 5.82 Å². The van der Waals surface area contributed by atoms with E-state index in [0.29, 0.717) is 27.6 Å². The number of nitrogens with zero attached hydrogens (tertiary/aromatic N) is 3. The highest BCUT2D eigenvalue weighted by Gasteiger charge is 2.29. The van der Waals surface area contributed by atoms with Crippen molar-refractivity contribution in [2.24, 2.45) is 16.5 Å². The molecule has 33 heavy (non-hydrogen) atoms. The number of aliphatic imine (C=N–C) groups is 1. The van der Waals surface area contributed by atoms with Crippen molar-refractivity contribution in [3.8, 4) is 5.75 Å². The van der Waals surface area contributed by atoms with E-state index >= 15 is 4.39 Å². The molecule has 0 amide bonds. The maximum absolute atomic E-state index is 15.3. The van der Waals surface area contributed by atoms with Gasteiger partial charge in [-0.15, -0.1) is 0 Å². The summed E-state index contributed by atoms with van der Waals surface area (Å²) in [6.45, 7) is 7.78. The molecule has 1 aliphatic rings. The Labute approximate surface area is 193 Å². The lowest BCUT2D eigenvalue weighted by molar-refractivity contribution is 0.305. The van der Waals surface area contributed by atoms with Crippen LogP contribution in [-0.2, 0) is 6.54 Å². The van der Waals surface area contributed by atoms with Crippen molar-refractivity contribution in [2.45, 2.75) is 25.5 Å². The summed E-state index contributed by atoms with van der Waals surface area (Å²) < 4.78 is 21.1. The molecule has 0 radical (unpaired) electrons. The Hall–Kier alpha value is -3.74. The number of rotatable bonds is 6. The molecule has 1 heterocycles. The van der Waals surface area contributed by atoms with Gasteiger partial charge in [-0.05, 0) is 36.6 Å². The number of aromatic amines is 1. The highest BCUT2D eigenvalue weighted by Crippen LogP contribution is 2.42. The van der Waals surface area contributed by atoms with Crippen molar-refractivity contribution in [1.82, 2.24) is 10.2 Å². The predicted octanol–water partition coefficient (Wildman–Crippen LogP) is 3.68. The number of H-pyrrole nitrogens is 1. The van der Waals surface area contributed by atoms with E-state index in [-0.39, 0.29) is 45.9 Å². The first kappa shape index (κ1) is 22.5. The molecule has 1 aromatic heterocycles. The fourth-order valence-corrected chi connectivity index (χ4v) is 3.79. The Morgan fingerprint density at radius 1 is 1.42 bits per heavy atom. The lowest BCUT2D eigenvalue weighted by Gasteiger charge is -2.17. The molecule has 168 valence electrons. The molecule has 0 saturated heterocycles. The molecule has 1 aliphatic carbocycles. The minimum absolute atomic E-state index is 0.0211. The molecule has 0 atom stereocenters. The molecule has 0 bridgehead atoms. The average molecular weight is 467 g/mol. The maximum Gasteiger partial charge on any atom is 0.272 e. The molecule has 1 saturated carbocycles. The highest BCUT2D eigenvalue weighted by atomic mass is 35.5. The summed E-state index contributed by atoms with van der Waals surface area (Å²) in [5, 5.41) is 7.15. The van der Waals surface area contributed by atoms with Crippen molar-refractivity contribution in [1.29, 1.82) is 0 Å². The van der Waals surface area contributed by atoms with Gasteiger partial charge in [-0.2, -0.15) is 5.10 Å². The van der Waals surface area contributed by atoms with Crippen molar-refractivity contribution in [3.63, 3.8) is 0 Å². The molecule has 3 aromatic rings. The zero-order valence-corrected chi connectivity index (χ0v) is 18.4. The van der Waals surface area contributed by atoms with Crippen LogP contribution in [0.4, 0.5) is 10.1 Å². The van der Waals surface area contributed by atoms with Crippen LogP contribution in [0.25, 0.3) is 21.2 Å². The zero-order chi connectivity index (χ0) is 23.7. The Kier molecular flexibility index (Phi) is 6.14. The Morgan fingerprint density at radius 3 is 2.79 bits per heavy atom. The van der Waals surface area contributed by atoms with Gasteiger partial charge in [-0.25, -0.2) is 14.3 Å². The normalized spacial score (nSPS) is 14.4. The van der Waals surface area contributed by atoms with Crippen LogP contribution in [0.1, 0.15) is 29.7 Å². The van der Waals surface area contributed by atoms with Crippen molar-refractivity contribution < 1.29 is 9.13 Å². The Morgan fingerprint density at radius 2 is 2.18 bits per heavy atom. The van der Waals surface area contributed by atoms with Gasteiger partial charge < -0.3 is 16.2 Å². The minimum Gasteiger partial charge on any atom is -0.501 e. The van der Waals surface area contributed by atoms with Gasteiger partial charge in [0.15, 0.2) is 0 Å². The Bertz CT molecular complexity index is 1420. The fraction of sp³-hybridized carbons (Fsp3) is 0.217. The first-order valence-electron chi connectivity index (χ1n) is 10.1. The number of halogens is 2. The molecule has 0 unspecified atom stereocenters. The molecule has 10 heteroatoms. The van der Waals surface area contributed by atoms with Crippen molar-refractivity contribution in [2.75, 3.05) is 7.05 Å². The standard InChI is InChI=1S/C23H20ClFN6O2/c1-28-21(19-20(25)16(24)8-18(22(19)29-2)33-12-4-5-12)15(9-26)11-3-6-13-14(7-11)17(10-27)30-31-23(13)32/h3,6-9,12H,4-5,10,26-27H2,1H3,(H,31,32)/b15-9-,28-21?. The number of hydrogen-bond donors (Lipinski definition) is 3. The molecule has 5 N–H and O–H groups in total. The number of allylic oxidation sites excluding steroid dienone is 1. The topological polar surface area (TPSA) is 124 Å². The SMILES string of the molecule is [C-]#[N+]c1c(OC2CC2)cc(Cl)c(F)c1C(=NC)/C(=C\N)c1ccc2c(=O)[nH]nc(CN)c2c1. The second kappa shape index (κ2) is 9.02. The largest absolute Gasteiger partial charge is 0.501 e. The number of aromatic nitrogens is 2. The molecule has 0 aliphatic heterocycles. The van der Waals surface area contributed by atoms with Gasteiger partial charge in [0.05, 0.1) is 34.5 Å². The van der Waals surface area contributed by atoms with Gasteiger partial charge in [-0.3, -0.25) is 9.79 Å². The maximum atomic E-state index is 15.3. The van der Waals surface area contributed by atoms with Crippen LogP contribution in [0.15, 0.2) is 40.3 Å². The van der Waals surface area contributed by atoms with Crippen LogP contribution in [0.2, 0.25) is 5.02 Å². The van der Waals surface area contributed by atoms with Gasteiger partial charge in [-0.1, -0.05) is 17.7 Å².